The Hall–Kier alpha value is -0.860. The topological polar surface area (TPSA) is 15.3 Å². The van der Waals surface area contributed by atoms with E-state index in [9.17, 15) is 0 Å². The average molecular weight is 258 g/mol. The van der Waals surface area contributed by atoms with E-state index < -0.39 is 0 Å². The van der Waals surface area contributed by atoms with E-state index in [1.807, 2.05) is 0 Å². The quantitative estimate of drug-likeness (QED) is 0.871. The third kappa shape index (κ3) is 3.58. The lowest BCUT2D eigenvalue weighted by atomic mass is 10.0. The summed E-state index contributed by atoms with van der Waals surface area (Å²) in [6.07, 6.45) is 6.87. The summed E-state index contributed by atoms with van der Waals surface area (Å²) in [4.78, 5) is 2.65. The first-order valence-corrected chi connectivity index (χ1v) is 7.87. The fraction of sp³-hybridized carbons (Fsp3) is 0.647. The van der Waals surface area contributed by atoms with Crippen molar-refractivity contribution in [2.75, 3.05) is 6.54 Å². The standard InChI is InChI=1S/C17H26N2/c1-14-6-4-5-11-19(14)13-16-8-3-2-7-15(16)12-18-17-9-10-17/h2-3,7-8,14,17-18H,4-6,9-13H2,1H3. The van der Waals surface area contributed by atoms with Gasteiger partial charge in [0.15, 0.2) is 0 Å². The predicted octanol–water partition coefficient (Wildman–Crippen LogP) is 3.31. The summed E-state index contributed by atoms with van der Waals surface area (Å²) in [6, 6.07) is 10.5. The van der Waals surface area contributed by atoms with Crippen LogP contribution in [-0.2, 0) is 13.1 Å². The van der Waals surface area contributed by atoms with Gasteiger partial charge in [-0.1, -0.05) is 30.7 Å². The molecule has 1 aromatic carbocycles. The molecule has 2 aliphatic rings. The van der Waals surface area contributed by atoms with Crippen molar-refractivity contribution in [1.82, 2.24) is 10.2 Å². The van der Waals surface area contributed by atoms with Crippen molar-refractivity contribution in [3.63, 3.8) is 0 Å². The van der Waals surface area contributed by atoms with Crippen molar-refractivity contribution in [1.29, 1.82) is 0 Å². The molecule has 1 aliphatic carbocycles. The summed E-state index contributed by atoms with van der Waals surface area (Å²) in [5, 5.41) is 3.64. The second-order valence-corrected chi connectivity index (χ2v) is 6.24. The molecule has 0 bridgehead atoms. The van der Waals surface area contributed by atoms with Crippen molar-refractivity contribution in [3.05, 3.63) is 35.4 Å². The molecular weight excluding hydrogens is 232 g/mol. The molecule has 0 spiro atoms. The fourth-order valence-electron chi connectivity index (χ4n) is 3.04. The highest BCUT2D eigenvalue weighted by molar-refractivity contribution is 5.27. The van der Waals surface area contributed by atoms with Gasteiger partial charge in [-0.2, -0.15) is 0 Å². The lowest BCUT2D eigenvalue weighted by molar-refractivity contribution is 0.152. The molecule has 19 heavy (non-hydrogen) atoms. The normalized spacial score (nSPS) is 24.6. The lowest BCUT2D eigenvalue weighted by Crippen LogP contribution is -2.37. The minimum absolute atomic E-state index is 0.748. The van der Waals surface area contributed by atoms with Gasteiger partial charge in [0.2, 0.25) is 0 Å². The van der Waals surface area contributed by atoms with Crippen molar-refractivity contribution in [3.8, 4) is 0 Å². The molecule has 1 N–H and O–H groups in total. The number of benzene rings is 1. The second kappa shape index (κ2) is 6.06. The van der Waals surface area contributed by atoms with Crippen LogP contribution < -0.4 is 5.32 Å². The molecule has 2 nitrogen and oxygen atoms in total. The Morgan fingerprint density at radius 3 is 2.63 bits per heavy atom. The van der Waals surface area contributed by atoms with Gasteiger partial charge in [0.25, 0.3) is 0 Å². The van der Waals surface area contributed by atoms with Gasteiger partial charge < -0.3 is 5.32 Å². The molecule has 1 saturated carbocycles. The predicted molar refractivity (Wildman–Crippen MR) is 80.0 cm³/mol. The molecule has 3 rings (SSSR count). The lowest BCUT2D eigenvalue weighted by Gasteiger charge is -2.33. The minimum atomic E-state index is 0.748. The monoisotopic (exact) mass is 258 g/mol. The SMILES string of the molecule is CC1CCCCN1Cc1ccccc1CNC1CC1. The fourth-order valence-corrected chi connectivity index (χ4v) is 3.04. The van der Waals surface area contributed by atoms with Crippen LogP contribution in [0.25, 0.3) is 0 Å². The van der Waals surface area contributed by atoms with Crippen LogP contribution in [0.4, 0.5) is 0 Å². The number of likely N-dealkylation sites (tertiary alicyclic amines) is 1. The average Bonchev–Trinajstić information content (AvgIpc) is 3.24. The van der Waals surface area contributed by atoms with E-state index in [-0.39, 0.29) is 0 Å². The van der Waals surface area contributed by atoms with E-state index in [0.29, 0.717) is 0 Å². The number of piperidine rings is 1. The third-order valence-electron chi connectivity index (χ3n) is 4.59. The van der Waals surface area contributed by atoms with Crippen LogP contribution in [0.2, 0.25) is 0 Å². The van der Waals surface area contributed by atoms with Gasteiger partial charge in [-0.3, -0.25) is 4.90 Å². The molecule has 0 amide bonds. The molecular formula is C17H26N2. The van der Waals surface area contributed by atoms with Gasteiger partial charge in [0.05, 0.1) is 0 Å². The molecule has 1 unspecified atom stereocenters. The summed E-state index contributed by atoms with van der Waals surface area (Å²) in [7, 11) is 0. The highest BCUT2D eigenvalue weighted by Crippen LogP contribution is 2.22. The van der Waals surface area contributed by atoms with Gasteiger partial charge in [0, 0.05) is 25.2 Å². The van der Waals surface area contributed by atoms with Crippen molar-refractivity contribution in [2.24, 2.45) is 0 Å². The summed E-state index contributed by atoms with van der Waals surface area (Å²) in [5.74, 6) is 0. The zero-order chi connectivity index (χ0) is 13.1. The van der Waals surface area contributed by atoms with E-state index in [1.165, 1.54) is 49.8 Å². The van der Waals surface area contributed by atoms with E-state index in [4.69, 9.17) is 0 Å². The van der Waals surface area contributed by atoms with Crippen LogP contribution >= 0.6 is 0 Å². The molecule has 0 radical (unpaired) electrons. The number of nitrogens with zero attached hydrogens (tertiary/aromatic N) is 1. The zero-order valence-electron chi connectivity index (χ0n) is 12.1. The number of hydrogen-bond acceptors (Lipinski definition) is 2. The van der Waals surface area contributed by atoms with Gasteiger partial charge in [0.1, 0.15) is 0 Å². The Balaban J connectivity index is 1.64. The summed E-state index contributed by atoms with van der Waals surface area (Å²) >= 11 is 0. The second-order valence-electron chi connectivity index (χ2n) is 6.24. The Morgan fingerprint density at radius 1 is 1.11 bits per heavy atom. The minimum Gasteiger partial charge on any atom is -0.310 e. The van der Waals surface area contributed by atoms with E-state index in [1.54, 1.807) is 0 Å². The van der Waals surface area contributed by atoms with Gasteiger partial charge in [-0.05, 0) is 50.3 Å². The van der Waals surface area contributed by atoms with Crippen LogP contribution in [0, 0.1) is 0 Å². The molecule has 104 valence electrons. The van der Waals surface area contributed by atoms with E-state index >= 15 is 0 Å². The summed E-state index contributed by atoms with van der Waals surface area (Å²) < 4.78 is 0. The molecule has 1 atom stereocenters. The van der Waals surface area contributed by atoms with Crippen LogP contribution in [0.3, 0.4) is 0 Å². The van der Waals surface area contributed by atoms with Crippen LogP contribution in [-0.4, -0.2) is 23.5 Å². The maximum atomic E-state index is 3.64. The molecule has 1 aliphatic heterocycles. The summed E-state index contributed by atoms with van der Waals surface area (Å²) in [5.41, 5.74) is 3.01. The maximum absolute atomic E-state index is 3.64. The smallest absolute Gasteiger partial charge is 0.0239 e. The van der Waals surface area contributed by atoms with Gasteiger partial charge in [-0.15, -0.1) is 0 Å². The van der Waals surface area contributed by atoms with Gasteiger partial charge >= 0.3 is 0 Å². The van der Waals surface area contributed by atoms with Crippen LogP contribution in [0.15, 0.2) is 24.3 Å². The van der Waals surface area contributed by atoms with Gasteiger partial charge in [-0.25, -0.2) is 0 Å². The number of hydrogen-bond donors (Lipinski definition) is 1. The van der Waals surface area contributed by atoms with Crippen LogP contribution in [0.5, 0.6) is 0 Å². The van der Waals surface area contributed by atoms with Crippen molar-refractivity contribution in [2.45, 2.75) is 64.2 Å². The molecule has 1 aromatic rings. The number of nitrogens with one attached hydrogen (secondary N) is 1. The Kier molecular flexibility index (Phi) is 4.19. The molecule has 2 heteroatoms. The first-order valence-electron chi connectivity index (χ1n) is 7.87. The zero-order valence-corrected chi connectivity index (χ0v) is 12.1. The first kappa shape index (κ1) is 13.1. The van der Waals surface area contributed by atoms with Crippen molar-refractivity contribution >= 4 is 0 Å². The first-order chi connectivity index (χ1) is 9.33. The third-order valence-corrected chi connectivity index (χ3v) is 4.59. The van der Waals surface area contributed by atoms with Crippen molar-refractivity contribution < 1.29 is 0 Å². The van der Waals surface area contributed by atoms with Crippen LogP contribution in [0.1, 0.15) is 50.2 Å². The largest absolute Gasteiger partial charge is 0.310 e. The van der Waals surface area contributed by atoms with E-state index in [2.05, 4.69) is 41.4 Å². The van der Waals surface area contributed by atoms with E-state index in [0.717, 1.165) is 25.2 Å². The molecule has 2 fully saturated rings. The summed E-state index contributed by atoms with van der Waals surface area (Å²) in [6.45, 7) is 5.82. The Bertz CT molecular complexity index is 411. The molecule has 1 saturated heterocycles. The Morgan fingerprint density at radius 2 is 1.89 bits per heavy atom. The molecule has 1 heterocycles. The Labute approximate surface area is 117 Å². The highest BCUT2D eigenvalue weighted by Gasteiger charge is 2.21. The highest BCUT2D eigenvalue weighted by atomic mass is 15.2. The number of rotatable bonds is 5. The maximum Gasteiger partial charge on any atom is 0.0239 e. The molecule has 0 aromatic heterocycles.